The number of carbonyl (C=O) groups excluding carboxylic acids is 3. The Morgan fingerprint density at radius 2 is 1.20 bits per heavy atom. The highest BCUT2D eigenvalue weighted by Gasteiger charge is 2.21. The number of ketones is 1. The number of unbranched alkanes of at least 4 members (excludes halogenated alkanes) is 15. The lowest BCUT2D eigenvalue weighted by molar-refractivity contribution is -0.870. The summed E-state index contributed by atoms with van der Waals surface area (Å²) >= 11 is 0. The largest absolute Gasteiger partial charge is 0.756 e. The van der Waals surface area contributed by atoms with Crippen LogP contribution in [0.1, 0.15) is 142 Å². The summed E-state index contributed by atoms with van der Waals surface area (Å²) in [7, 11) is 1.00. The van der Waals surface area contributed by atoms with E-state index in [4.69, 9.17) is 23.6 Å². The molecule has 0 saturated carbocycles. The van der Waals surface area contributed by atoms with Crippen LogP contribution >= 0.6 is 7.82 Å². The molecule has 51 heavy (non-hydrogen) atoms. The van der Waals surface area contributed by atoms with Crippen molar-refractivity contribution >= 4 is 31.5 Å². The van der Waals surface area contributed by atoms with Gasteiger partial charge < -0.3 is 33.0 Å². The van der Waals surface area contributed by atoms with Gasteiger partial charge in [-0.05, 0) is 51.0 Å². The van der Waals surface area contributed by atoms with Crippen molar-refractivity contribution in [3.63, 3.8) is 0 Å². The normalized spacial score (nSPS) is 13.7. The Labute approximate surface area is 307 Å². The average molecular weight is 746 g/mol. The summed E-state index contributed by atoms with van der Waals surface area (Å²) < 4.78 is 33.5. The summed E-state index contributed by atoms with van der Waals surface area (Å²) in [5.41, 5.74) is 0. The molecule has 1 N–H and O–H groups in total. The van der Waals surface area contributed by atoms with Crippen molar-refractivity contribution in [2.75, 3.05) is 47.5 Å². The zero-order valence-corrected chi connectivity index (χ0v) is 32.9. The Balaban J connectivity index is 4.48. The molecule has 0 aromatic heterocycles. The summed E-state index contributed by atoms with van der Waals surface area (Å²) in [6, 6.07) is 0. The van der Waals surface area contributed by atoms with Crippen LogP contribution in [0.3, 0.4) is 0 Å². The van der Waals surface area contributed by atoms with E-state index in [0.717, 1.165) is 63.5 Å². The molecule has 12 nitrogen and oxygen atoms in total. The highest BCUT2D eigenvalue weighted by molar-refractivity contribution is 7.45. The standard InChI is InChI=1S/C38H68NO11P/c1-5-6-7-8-9-10-11-12-13-14-15-16-17-20-23-26-37(43)47-32-35(33-49-51(45,46)48-31-30-39(2,3)4)50-38(44)27-24-21-18-19-22-25-34(40)28-29-36(41)42/h12-13,28-29,35H,5-11,14-27,30-33H2,1-4H3,(H-,41,42,45,46)/b13-12-,29-28+/t35-/m1/s1. The fourth-order valence-electron chi connectivity index (χ4n) is 4.94. The van der Waals surface area contributed by atoms with E-state index in [0.29, 0.717) is 36.7 Å². The number of rotatable bonds is 35. The van der Waals surface area contributed by atoms with Crippen LogP contribution in [0.15, 0.2) is 24.3 Å². The molecule has 2 atom stereocenters. The minimum absolute atomic E-state index is 0.0765. The van der Waals surface area contributed by atoms with Crippen molar-refractivity contribution in [3.05, 3.63) is 24.3 Å². The summed E-state index contributed by atoms with van der Waals surface area (Å²) in [5, 5.41) is 8.57. The molecular weight excluding hydrogens is 677 g/mol. The third-order valence-corrected chi connectivity index (χ3v) is 8.98. The maximum atomic E-state index is 12.5. The number of phosphoric acid groups is 1. The predicted octanol–water partition coefficient (Wildman–Crippen LogP) is 7.63. The summed E-state index contributed by atoms with van der Waals surface area (Å²) in [4.78, 5) is 59.3. The Morgan fingerprint density at radius 3 is 1.75 bits per heavy atom. The SMILES string of the molecule is CCCCCCCC/C=C\CCCCCCCC(=O)OC[C@H](COP(=O)([O-])OCC[N+](C)(C)C)OC(=O)CCCCCCCC(=O)/C=C/C(=O)O. The molecule has 0 rings (SSSR count). The Hall–Kier alpha value is -2.37. The topological polar surface area (TPSA) is 166 Å². The van der Waals surface area contributed by atoms with Gasteiger partial charge in [0.15, 0.2) is 11.9 Å². The van der Waals surface area contributed by atoms with Crippen LogP contribution in [0, 0.1) is 0 Å². The second kappa shape index (κ2) is 31.2. The van der Waals surface area contributed by atoms with Crippen LogP contribution < -0.4 is 4.89 Å². The first-order valence-electron chi connectivity index (χ1n) is 19.1. The number of quaternary nitrogens is 1. The molecular formula is C38H68NO11P. The smallest absolute Gasteiger partial charge is 0.328 e. The van der Waals surface area contributed by atoms with E-state index >= 15 is 0 Å². The van der Waals surface area contributed by atoms with Crippen LogP contribution in [0.25, 0.3) is 0 Å². The van der Waals surface area contributed by atoms with Crippen molar-refractivity contribution in [1.82, 2.24) is 0 Å². The number of aliphatic carboxylic acids is 1. The van der Waals surface area contributed by atoms with E-state index in [2.05, 4.69) is 19.1 Å². The molecule has 0 aliphatic heterocycles. The number of allylic oxidation sites excluding steroid dienone is 3. The first kappa shape index (κ1) is 48.6. The Bertz CT molecular complexity index is 1050. The molecule has 0 radical (unpaired) electrons. The van der Waals surface area contributed by atoms with Gasteiger partial charge in [0, 0.05) is 25.3 Å². The van der Waals surface area contributed by atoms with Gasteiger partial charge in [-0.25, -0.2) is 4.79 Å². The molecule has 0 aromatic carbocycles. The number of ether oxygens (including phenoxy) is 2. The lowest BCUT2D eigenvalue weighted by Gasteiger charge is -2.28. The maximum absolute atomic E-state index is 12.5. The van der Waals surface area contributed by atoms with Gasteiger partial charge >= 0.3 is 17.9 Å². The lowest BCUT2D eigenvalue weighted by Crippen LogP contribution is -2.37. The van der Waals surface area contributed by atoms with E-state index in [9.17, 15) is 28.6 Å². The van der Waals surface area contributed by atoms with Gasteiger partial charge in [0.2, 0.25) is 0 Å². The molecule has 0 aliphatic rings. The van der Waals surface area contributed by atoms with Crippen molar-refractivity contribution in [2.24, 2.45) is 0 Å². The quantitative estimate of drug-likeness (QED) is 0.0169. The number of carboxylic acid groups (broad SMARTS) is 1. The van der Waals surface area contributed by atoms with Gasteiger partial charge in [-0.3, -0.25) is 18.9 Å². The van der Waals surface area contributed by atoms with Gasteiger partial charge in [-0.2, -0.15) is 0 Å². The number of phosphoric ester groups is 1. The summed E-state index contributed by atoms with van der Waals surface area (Å²) in [6.07, 6.45) is 24.2. The Morgan fingerprint density at radius 1 is 0.686 bits per heavy atom. The fourth-order valence-corrected chi connectivity index (χ4v) is 5.67. The van der Waals surface area contributed by atoms with E-state index in [-0.39, 0.29) is 38.3 Å². The van der Waals surface area contributed by atoms with Crippen LogP contribution in [-0.4, -0.2) is 86.9 Å². The molecule has 0 aromatic rings. The lowest BCUT2D eigenvalue weighted by atomic mass is 10.1. The summed E-state index contributed by atoms with van der Waals surface area (Å²) in [6.45, 7) is 1.71. The van der Waals surface area contributed by atoms with Gasteiger partial charge in [0.05, 0.1) is 27.7 Å². The van der Waals surface area contributed by atoms with E-state index in [1.807, 2.05) is 21.1 Å². The summed E-state index contributed by atoms with van der Waals surface area (Å²) in [5.74, 6) is -2.43. The second-order valence-electron chi connectivity index (χ2n) is 14.1. The minimum atomic E-state index is -4.68. The van der Waals surface area contributed by atoms with E-state index in [1.54, 1.807) is 0 Å². The third kappa shape index (κ3) is 35.8. The van der Waals surface area contributed by atoms with Gasteiger partial charge in [0.1, 0.15) is 19.8 Å². The fraction of sp³-hybridized carbons (Fsp3) is 0.789. The number of nitrogens with zero attached hydrogens (tertiary/aromatic N) is 1. The van der Waals surface area contributed by atoms with Gasteiger partial charge in [0.25, 0.3) is 7.82 Å². The highest BCUT2D eigenvalue weighted by atomic mass is 31.2. The molecule has 0 spiro atoms. The molecule has 0 fully saturated rings. The zero-order valence-electron chi connectivity index (χ0n) is 32.0. The van der Waals surface area contributed by atoms with Gasteiger partial charge in [-0.15, -0.1) is 0 Å². The number of carbonyl (C=O) groups is 4. The first-order valence-corrected chi connectivity index (χ1v) is 20.5. The minimum Gasteiger partial charge on any atom is -0.756 e. The molecule has 0 bridgehead atoms. The molecule has 13 heteroatoms. The average Bonchev–Trinajstić information content (AvgIpc) is 3.05. The van der Waals surface area contributed by atoms with Crippen molar-refractivity contribution in [1.29, 1.82) is 0 Å². The predicted molar refractivity (Wildman–Crippen MR) is 197 cm³/mol. The van der Waals surface area contributed by atoms with Crippen molar-refractivity contribution < 1.29 is 56.7 Å². The molecule has 0 amide bonds. The van der Waals surface area contributed by atoms with Crippen LogP contribution in [0.4, 0.5) is 0 Å². The maximum Gasteiger partial charge on any atom is 0.328 e. The molecule has 0 heterocycles. The number of likely N-dealkylation sites (N-methyl/N-ethyl adjacent to an activating group) is 1. The number of carboxylic acids is 1. The van der Waals surface area contributed by atoms with E-state index < -0.39 is 38.4 Å². The third-order valence-electron chi connectivity index (χ3n) is 8.02. The number of hydrogen-bond donors (Lipinski definition) is 1. The second-order valence-corrected chi connectivity index (χ2v) is 15.5. The van der Waals surface area contributed by atoms with Gasteiger partial charge in [-0.1, -0.05) is 89.7 Å². The van der Waals surface area contributed by atoms with Crippen LogP contribution in [-0.2, 0) is 42.3 Å². The first-order chi connectivity index (χ1) is 24.2. The Kier molecular flexibility index (Phi) is 29.7. The zero-order chi connectivity index (χ0) is 38.2. The highest BCUT2D eigenvalue weighted by Crippen LogP contribution is 2.38. The monoisotopic (exact) mass is 745 g/mol. The van der Waals surface area contributed by atoms with Crippen LogP contribution in [0.5, 0.6) is 0 Å². The molecule has 0 saturated heterocycles. The van der Waals surface area contributed by atoms with Crippen LogP contribution in [0.2, 0.25) is 0 Å². The van der Waals surface area contributed by atoms with Crippen molar-refractivity contribution in [3.8, 4) is 0 Å². The van der Waals surface area contributed by atoms with Crippen molar-refractivity contribution in [2.45, 2.75) is 148 Å². The van der Waals surface area contributed by atoms with E-state index in [1.165, 1.54) is 38.5 Å². The molecule has 1 unspecified atom stereocenters. The number of esters is 2. The molecule has 296 valence electrons. The number of hydrogen-bond acceptors (Lipinski definition) is 10. The molecule has 0 aliphatic carbocycles.